The molecule has 9 heteroatoms. The van der Waals surface area contributed by atoms with Crippen LogP contribution in [0.15, 0.2) is 42.6 Å². The number of ether oxygens (including phenoxy) is 1. The molecule has 2 N–H and O–H groups in total. The molecule has 1 aliphatic rings. The van der Waals surface area contributed by atoms with E-state index in [2.05, 4.69) is 10.4 Å². The number of rotatable bonds is 7. The molecule has 1 saturated heterocycles. The third-order valence-electron chi connectivity index (χ3n) is 4.51. The van der Waals surface area contributed by atoms with Gasteiger partial charge < -0.3 is 20.1 Å². The molecule has 2 aromatic rings. The van der Waals surface area contributed by atoms with Crippen molar-refractivity contribution in [3.8, 4) is 5.75 Å². The molecular weight excluding hydrogens is 364 g/mol. The van der Waals surface area contributed by atoms with Crippen LogP contribution in [-0.2, 0) is 20.9 Å². The molecular formula is C19H22N4O5. The first kappa shape index (κ1) is 19.4. The minimum atomic E-state index is -1.01. The molecule has 9 nitrogen and oxygen atoms in total. The monoisotopic (exact) mass is 386 g/mol. The van der Waals surface area contributed by atoms with Gasteiger partial charge in [-0.15, -0.1) is 0 Å². The lowest BCUT2D eigenvalue weighted by atomic mass is 9.96. The van der Waals surface area contributed by atoms with Crippen LogP contribution in [0, 0.1) is 5.92 Å². The van der Waals surface area contributed by atoms with E-state index >= 15 is 0 Å². The van der Waals surface area contributed by atoms with E-state index in [4.69, 9.17) is 9.84 Å². The van der Waals surface area contributed by atoms with Crippen LogP contribution in [-0.4, -0.2) is 57.3 Å². The first-order valence-electron chi connectivity index (χ1n) is 9.03. The number of amides is 2. The molecule has 0 unspecified atom stereocenters. The van der Waals surface area contributed by atoms with Crippen LogP contribution < -0.4 is 10.1 Å². The van der Waals surface area contributed by atoms with Crippen LogP contribution in [0.3, 0.4) is 0 Å². The predicted molar refractivity (Wildman–Crippen MR) is 99.7 cm³/mol. The van der Waals surface area contributed by atoms with Crippen molar-refractivity contribution in [2.75, 3.05) is 25.0 Å². The lowest BCUT2D eigenvalue weighted by molar-refractivity contribution is -0.138. The maximum absolute atomic E-state index is 12.4. The van der Waals surface area contributed by atoms with Crippen molar-refractivity contribution in [2.45, 2.75) is 19.4 Å². The summed E-state index contributed by atoms with van der Waals surface area (Å²) in [7, 11) is 0. The van der Waals surface area contributed by atoms with Gasteiger partial charge in [0.15, 0.2) is 12.4 Å². The summed E-state index contributed by atoms with van der Waals surface area (Å²) >= 11 is 0. The Hall–Kier alpha value is -3.36. The molecule has 1 aromatic heterocycles. The minimum Gasteiger partial charge on any atom is -0.484 e. The number of carboxylic acids is 1. The molecule has 2 heterocycles. The normalized spacial score (nSPS) is 14.5. The quantitative estimate of drug-likeness (QED) is 0.740. The summed E-state index contributed by atoms with van der Waals surface area (Å²) in [6.45, 7) is 0.689. The van der Waals surface area contributed by atoms with E-state index in [0.29, 0.717) is 37.5 Å². The Labute approximate surface area is 161 Å². The number of para-hydroxylation sites is 1. The summed E-state index contributed by atoms with van der Waals surface area (Å²) < 4.78 is 6.72. The van der Waals surface area contributed by atoms with Crippen molar-refractivity contribution in [1.29, 1.82) is 0 Å². The molecule has 0 atom stereocenters. The Bertz CT molecular complexity index is 828. The van der Waals surface area contributed by atoms with E-state index in [0.717, 1.165) is 0 Å². The van der Waals surface area contributed by atoms with Crippen molar-refractivity contribution < 1.29 is 24.2 Å². The van der Waals surface area contributed by atoms with E-state index in [1.165, 1.54) is 10.9 Å². The van der Waals surface area contributed by atoms with Crippen LogP contribution in [0.5, 0.6) is 5.75 Å². The summed E-state index contributed by atoms with van der Waals surface area (Å²) in [6, 6.07) is 10.7. The first-order chi connectivity index (χ1) is 13.5. The third kappa shape index (κ3) is 5.32. The molecule has 0 saturated carbocycles. The largest absolute Gasteiger partial charge is 0.484 e. The third-order valence-corrected chi connectivity index (χ3v) is 4.51. The topological polar surface area (TPSA) is 114 Å². The second-order valence-electron chi connectivity index (χ2n) is 6.54. The smallest absolute Gasteiger partial charge is 0.325 e. The molecule has 1 aliphatic heterocycles. The van der Waals surface area contributed by atoms with Gasteiger partial charge in [-0.25, -0.2) is 0 Å². The summed E-state index contributed by atoms with van der Waals surface area (Å²) in [4.78, 5) is 37.0. The lowest BCUT2D eigenvalue weighted by Gasteiger charge is -2.31. The second-order valence-corrected chi connectivity index (χ2v) is 6.54. The van der Waals surface area contributed by atoms with Gasteiger partial charge in [0.2, 0.25) is 5.91 Å². The molecule has 0 radical (unpaired) electrons. The maximum Gasteiger partial charge on any atom is 0.325 e. The lowest BCUT2D eigenvalue weighted by Crippen LogP contribution is -2.43. The number of carbonyl (C=O) groups is 3. The highest BCUT2D eigenvalue weighted by Gasteiger charge is 2.27. The number of aliphatic carboxylic acids is 1. The van der Waals surface area contributed by atoms with Crippen LogP contribution in [0.2, 0.25) is 0 Å². The van der Waals surface area contributed by atoms with Crippen molar-refractivity contribution in [2.24, 2.45) is 5.92 Å². The molecule has 0 aliphatic carbocycles. The zero-order valence-corrected chi connectivity index (χ0v) is 15.3. The van der Waals surface area contributed by atoms with Crippen LogP contribution >= 0.6 is 0 Å². The van der Waals surface area contributed by atoms with Crippen molar-refractivity contribution in [3.63, 3.8) is 0 Å². The number of aromatic nitrogens is 2. The highest BCUT2D eigenvalue weighted by molar-refractivity contribution is 5.91. The highest BCUT2D eigenvalue weighted by atomic mass is 16.5. The van der Waals surface area contributed by atoms with Gasteiger partial charge >= 0.3 is 5.97 Å². The van der Waals surface area contributed by atoms with Crippen LogP contribution in [0.1, 0.15) is 12.8 Å². The number of nitrogens with one attached hydrogen (secondary N) is 1. The summed E-state index contributed by atoms with van der Waals surface area (Å²) in [6.07, 6.45) is 2.61. The summed E-state index contributed by atoms with van der Waals surface area (Å²) in [5.74, 6) is -0.533. The number of hydrogen-bond donors (Lipinski definition) is 2. The Morgan fingerprint density at radius 2 is 1.86 bits per heavy atom. The van der Waals surface area contributed by atoms with E-state index in [1.807, 2.05) is 18.2 Å². The molecule has 1 fully saturated rings. The summed E-state index contributed by atoms with van der Waals surface area (Å²) in [5.41, 5.74) is 0. The molecule has 0 spiro atoms. The number of hydrogen-bond acceptors (Lipinski definition) is 5. The minimum absolute atomic E-state index is 0.0259. The van der Waals surface area contributed by atoms with Crippen LogP contribution in [0.25, 0.3) is 0 Å². The molecule has 3 rings (SSSR count). The molecule has 0 bridgehead atoms. The van der Waals surface area contributed by atoms with Gasteiger partial charge in [0.05, 0.1) is 0 Å². The Morgan fingerprint density at radius 3 is 2.54 bits per heavy atom. The maximum atomic E-state index is 12.4. The Balaban J connectivity index is 1.42. The molecule has 2 amide bonds. The molecule has 28 heavy (non-hydrogen) atoms. The highest BCUT2D eigenvalue weighted by Crippen LogP contribution is 2.19. The number of likely N-dealkylation sites (tertiary alicyclic amines) is 1. The van der Waals surface area contributed by atoms with Gasteiger partial charge in [0, 0.05) is 31.3 Å². The SMILES string of the molecule is O=C(O)Cn1ccc(NC(=O)C2CCN(C(=O)COc3ccccc3)CC2)n1. The van der Waals surface area contributed by atoms with Gasteiger partial charge in [-0.2, -0.15) is 5.10 Å². The second kappa shape index (κ2) is 9.03. The van der Waals surface area contributed by atoms with Crippen molar-refractivity contribution in [1.82, 2.24) is 14.7 Å². The van der Waals surface area contributed by atoms with Gasteiger partial charge in [-0.1, -0.05) is 18.2 Å². The van der Waals surface area contributed by atoms with Crippen molar-refractivity contribution >= 4 is 23.6 Å². The first-order valence-corrected chi connectivity index (χ1v) is 9.03. The van der Waals surface area contributed by atoms with Crippen molar-refractivity contribution in [3.05, 3.63) is 42.6 Å². The predicted octanol–water partition coefficient (Wildman–Crippen LogP) is 1.22. The fraction of sp³-hybridized carbons (Fsp3) is 0.368. The fourth-order valence-electron chi connectivity index (χ4n) is 3.03. The zero-order valence-electron chi connectivity index (χ0n) is 15.3. The van der Waals surface area contributed by atoms with Crippen LogP contribution in [0.4, 0.5) is 5.82 Å². The zero-order chi connectivity index (χ0) is 19.9. The number of nitrogens with zero attached hydrogens (tertiary/aromatic N) is 3. The Kier molecular flexibility index (Phi) is 6.25. The standard InChI is InChI=1S/C19H22N4O5/c24-17(13-28-15-4-2-1-3-5-15)22-9-6-14(7-10-22)19(27)20-16-8-11-23(21-16)12-18(25)26/h1-5,8,11,14H,6-7,9-10,12-13H2,(H,25,26)(H,20,21,27). The van der Waals surface area contributed by atoms with Gasteiger partial charge in [0.25, 0.3) is 5.91 Å². The number of carbonyl (C=O) groups excluding carboxylic acids is 2. The van der Waals surface area contributed by atoms with E-state index in [-0.39, 0.29) is 30.9 Å². The molecule has 148 valence electrons. The Morgan fingerprint density at radius 1 is 1.14 bits per heavy atom. The fourth-order valence-corrected chi connectivity index (χ4v) is 3.03. The average Bonchev–Trinajstić information content (AvgIpc) is 3.13. The number of benzene rings is 1. The average molecular weight is 386 g/mol. The van der Waals surface area contributed by atoms with E-state index in [9.17, 15) is 14.4 Å². The summed E-state index contributed by atoms with van der Waals surface area (Å²) in [5, 5.41) is 15.5. The number of piperidine rings is 1. The van der Waals surface area contributed by atoms with Gasteiger partial charge in [-0.05, 0) is 25.0 Å². The van der Waals surface area contributed by atoms with E-state index < -0.39 is 5.97 Å². The van der Waals surface area contributed by atoms with Gasteiger partial charge in [0.1, 0.15) is 12.3 Å². The molecule has 1 aromatic carbocycles. The number of anilines is 1. The van der Waals surface area contributed by atoms with E-state index in [1.54, 1.807) is 23.1 Å². The number of carboxylic acid groups (broad SMARTS) is 1. The van der Waals surface area contributed by atoms with Gasteiger partial charge in [-0.3, -0.25) is 19.1 Å².